The molecule has 4 nitrogen and oxygen atoms in total. The topological polar surface area (TPSA) is 60.9 Å². The van der Waals surface area contributed by atoms with Crippen LogP contribution in [0.1, 0.15) is 36.5 Å². The van der Waals surface area contributed by atoms with Crippen LogP contribution in [0.25, 0.3) is 0 Å². The van der Waals surface area contributed by atoms with Crippen molar-refractivity contribution in [3.63, 3.8) is 0 Å². The Morgan fingerprint density at radius 2 is 2.47 bits per heavy atom. The van der Waals surface area contributed by atoms with E-state index in [-0.39, 0.29) is 11.8 Å². The van der Waals surface area contributed by atoms with E-state index in [1.807, 2.05) is 6.92 Å². The van der Waals surface area contributed by atoms with Gasteiger partial charge >= 0.3 is 0 Å². The molecule has 1 unspecified atom stereocenters. The van der Waals surface area contributed by atoms with E-state index in [1.165, 1.54) is 12.8 Å². The smallest absolute Gasteiger partial charge is 0.167 e. The summed E-state index contributed by atoms with van der Waals surface area (Å²) in [6.45, 7) is 2.79. The van der Waals surface area contributed by atoms with Gasteiger partial charge in [-0.2, -0.15) is 5.10 Å². The number of carbonyl (C=O) groups is 1. The van der Waals surface area contributed by atoms with E-state index in [1.54, 1.807) is 17.1 Å². The van der Waals surface area contributed by atoms with Gasteiger partial charge in [-0.15, -0.1) is 0 Å². The molecular weight excluding hydrogens is 190 g/mol. The van der Waals surface area contributed by atoms with Crippen LogP contribution in [0.2, 0.25) is 0 Å². The number of carbonyl (C=O) groups excluding carboxylic acids is 1. The number of Topliss-reactive ketones (excluding diaryl/α,β-unsaturated/α-hetero) is 1. The fourth-order valence-electron chi connectivity index (χ4n) is 1.70. The molecule has 1 fully saturated rings. The summed E-state index contributed by atoms with van der Waals surface area (Å²) in [4.78, 5) is 11.8. The van der Waals surface area contributed by atoms with Gasteiger partial charge in [0.05, 0.1) is 11.8 Å². The summed E-state index contributed by atoms with van der Waals surface area (Å²) in [6, 6.07) is 0.0440. The van der Waals surface area contributed by atoms with Gasteiger partial charge in [0.15, 0.2) is 5.78 Å². The minimum Gasteiger partial charge on any atom is -0.327 e. The monoisotopic (exact) mass is 207 g/mol. The van der Waals surface area contributed by atoms with Crippen LogP contribution in [0.3, 0.4) is 0 Å². The fourth-order valence-corrected chi connectivity index (χ4v) is 1.70. The van der Waals surface area contributed by atoms with Gasteiger partial charge in [0.1, 0.15) is 0 Å². The maximum Gasteiger partial charge on any atom is 0.167 e. The Bertz CT molecular complexity index is 354. The van der Waals surface area contributed by atoms with Crippen LogP contribution in [0.4, 0.5) is 0 Å². The third-order valence-corrected chi connectivity index (χ3v) is 2.93. The molecule has 82 valence electrons. The number of rotatable bonds is 5. The lowest BCUT2D eigenvalue weighted by Crippen LogP contribution is -2.25. The van der Waals surface area contributed by atoms with Crippen molar-refractivity contribution in [1.29, 1.82) is 0 Å². The van der Waals surface area contributed by atoms with E-state index in [4.69, 9.17) is 5.73 Å². The molecule has 0 amide bonds. The maximum atomic E-state index is 11.8. The summed E-state index contributed by atoms with van der Waals surface area (Å²) in [7, 11) is 0. The van der Waals surface area contributed by atoms with Crippen molar-refractivity contribution in [3.05, 3.63) is 18.0 Å². The van der Waals surface area contributed by atoms with Crippen LogP contribution >= 0.6 is 0 Å². The molecule has 0 aromatic carbocycles. The van der Waals surface area contributed by atoms with Crippen molar-refractivity contribution in [1.82, 2.24) is 9.78 Å². The molecular formula is C11H17N3O. The van der Waals surface area contributed by atoms with E-state index >= 15 is 0 Å². The first kappa shape index (κ1) is 10.4. The predicted molar refractivity (Wildman–Crippen MR) is 57.5 cm³/mol. The average Bonchev–Trinajstić information content (AvgIpc) is 2.96. The molecule has 2 N–H and O–H groups in total. The molecule has 1 aliphatic carbocycles. The van der Waals surface area contributed by atoms with Crippen molar-refractivity contribution in [2.75, 3.05) is 0 Å². The summed E-state index contributed by atoms with van der Waals surface area (Å²) in [6.07, 6.45) is 6.25. The van der Waals surface area contributed by atoms with Gasteiger partial charge in [0.25, 0.3) is 0 Å². The second-order valence-corrected chi connectivity index (χ2v) is 4.21. The Morgan fingerprint density at radius 1 is 1.73 bits per heavy atom. The summed E-state index contributed by atoms with van der Waals surface area (Å²) < 4.78 is 1.76. The van der Waals surface area contributed by atoms with Crippen LogP contribution < -0.4 is 5.73 Å². The highest BCUT2D eigenvalue weighted by Gasteiger charge is 2.30. The second-order valence-electron chi connectivity index (χ2n) is 4.21. The van der Waals surface area contributed by atoms with Crippen molar-refractivity contribution in [3.8, 4) is 0 Å². The second kappa shape index (κ2) is 4.14. The molecule has 4 heteroatoms. The van der Waals surface area contributed by atoms with Crippen molar-refractivity contribution in [2.24, 2.45) is 11.7 Å². The van der Waals surface area contributed by atoms with Crippen molar-refractivity contribution < 1.29 is 4.79 Å². The fraction of sp³-hybridized carbons (Fsp3) is 0.636. The Labute approximate surface area is 89.5 Å². The minimum atomic E-state index is 0.0440. The third-order valence-electron chi connectivity index (χ3n) is 2.93. The third kappa shape index (κ3) is 2.45. The molecule has 1 aliphatic rings. The quantitative estimate of drug-likeness (QED) is 0.738. The van der Waals surface area contributed by atoms with Gasteiger partial charge in [0, 0.05) is 25.2 Å². The molecule has 0 spiro atoms. The Morgan fingerprint density at radius 3 is 3.00 bits per heavy atom. The zero-order chi connectivity index (χ0) is 10.8. The van der Waals surface area contributed by atoms with E-state index < -0.39 is 0 Å². The first-order chi connectivity index (χ1) is 7.20. The summed E-state index contributed by atoms with van der Waals surface area (Å²) in [5.41, 5.74) is 6.60. The van der Waals surface area contributed by atoms with Crippen LogP contribution in [-0.2, 0) is 6.54 Å². The summed E-state index contributed by atoms with van der Waals surface area (Å²) in [5, 5.41) is 4.08. The zero-order valence-electron chi connectivity index (χ0n) is 9.02. The van der Waals surface area contributed by atoms with Crippen molar-refractivity contribution >= 4 is 5.78 Å². The normalized spacial score (nSPS) is 17.7. The molecule has 0 saturated heterocycles. The number of hydrogen-bond donors (Lipinski definition) is 1. The Kier molecular flexibility index (Phi) is 2.86. The van der Waals surface area contributed by atoms with Gasteiger partial charge in [-0.3, -0.25) is 9.48 Å². The molecule has 1 aromatic rings. The maximum absolute atomic E-state index is 11.8. The van der Waals surface area contributed by atoms with Gasteiger partial charge in [-0.05, 0) is 25.7 Å². The number of nitrogens with zero attached hydrogens (tertiary/aromatic N) is 2. The van der Waals surface area contributed by atoms with Gasteiger partial charge < -0.3 is 5.73 Å². The highest BCUT2D eigenvalue weighted by Crippen LogP contribution is 2.33. The van der Waals surface area contributed by atoms with Crippen LogP contribution in [0.5, 0.6) is 0 Å². The average molecular weight is 207 g/mol. The van der Waals surface area contributed by atoms with Crippen LogP contribution in [-0.4, -0.2) is 21.6 Å². The van der Waals surface area contributed by atoms with E-state index in [0.29, 0.717) is 17.9 Å². The Balaban J connectivity index is 1.94. The van der Waals surface area contributed by atoms with E-state index in [2.05, 4.69) is 5.10 Å². The Hall–Kier alpha value is -1.16. The predicted octanol–water partition coefficient (Wildman–Crippen LogP) is 1.21. The highest BCUT2D eigenvalue weighted by atomic mass is 16.1. The van der Waals surface area contributed by atoms with Crippen LogP contribution in [0, 0.1) is 5.92 Å². The van der Waals surface area contributed by atoms with Gasteiger partial charge in [-0.1, -0.05) is 0 Å². The standard InChI is InChI=1S/C11H17N3O/c1-2-14-7-9(6-13-14)11(15)5-10(12)8-3-4-8/h6-8,10H,2-5,12H2,1H3. The zero-order valence-corrected chi connectivity index (χ0v) is 9.02. The molecule has 1 heterocycles. The van der Waals surface area contributed by atoms with Gasteiger partial charge in [-0.25, -0.2) is 0 Å². The van der Waals surface area contributed by atoms with Crippen molar-refractivity contribution in [2.45, 2.75) is 38.8 Å². The first-order valence-corrected chi connectivity index (χ1v) is 5.52. The lowest BCUT2D eigenvalue weighted by Gasteiger charge is -2.07. The number of hydrogen-bond acceptors (Lipinski definition) is 3. The first-order valence-electron chi connectivity index (χ1n) is 5.52. The SMILES string of the molecule is CCn1cc(C(=O)CC(N)C2CC2)cn1. The van der Waals surface area contributed by atoms with E-state index in [9.17, 15) is 4.79 Å². The molecule has 15 heavy (non-hydrogen) atoms. The summed E-state index contributed by atoms with van der Waals surface area (Å²) in [5.74, 6) is 0.698. The lowest BCUT2D eigenvalue weighted by atomic mass is 10.0. The lowest BCUT2D eigenvalue weighted by molar-refractivity contribution is 0.0971. The molecule has 0 radical (unpaired) electrons. The van der Waals surface area contributed by atoms with Gasteiger partial charge in [0.2, 0.25) is 0 Å². The number of ketones is 1. The molecule has 1 aromatic heterocycles. The highest BCUT2D eigenvalue weighted by molar-refractivity contribution is 5.96. The molecule has 2 rings (SSSR count). The largest absolute Gasteiger partial charge is 0.327 e. The number of aryl methyl sites for hydroxylation is 1. The molecule has 0 aliphatic heterocycles. The minimum absolute atomic E-state index is 0.0440. The number of aromatic nitrogens is 2. The molecule has 0 bridgehead atoms. The molecule has 1 atom stereocenters. The van der Waals surface area contributed by atoms with Crippen LogP contribution in [0.15, 0.2) is 12.4 Å². The summed E-state index contributed by atoms with van der Waals surface area (Å²) >= 11 is 0. The van der Waals surface area contributed by atoms with E-state index in [0.717, 1.165) is 6.54 Å². The number of nitrogens with two attached hydrogens (primary N) is 1. The molecule has 1 saturated carbocycles.